The highest BCUT2D eigenvalue weighted by Crippen LogP contribution is 2.34. The van der Waals surface area contributed by atoms with Crippen LogP contribution in [0.1, 0.15) is 19.4 Å². The Morgan fingerprint density at radius 1 is 1.29 bits per heavy atom. The maximum atomic E-state index is 5.71. The monoisotopic (exact) mass is 190 g/mol. The van der Waals surface area contributed by atoms with Crippen LogP contribution in [0.25, 0.3) is 0 Å². The van der Waals surface area contributed by atoms with Crippen LogP contribution in [0.3, 0.4) is 0 Å². The van der Waals surface area contributed by atoms with Gasteiger partial charge >= 0.3 is 0 Å². The van der Waals surface area contributed by atoms with Crippen LogP contribution in [0.5, 0.6) is 0 Å². The average Bonchev–Trinajstić information content (AvgIpc) is 2.14. The van der Waals surface area contributed by atoms with Crippen molar-refractivity contribution in [1.82, 2.24) is 0 Å². The highest BCUT2D eigenvalue weighted by atomic mass is 15.2. The fourth-order valence-corrected chi connectivity index (χ4v) is 2.15. The molecule has 1 aromatic carbocycles. The number of hydrogen-bond acceptors (Lipinski definition) is 2. The van der Waals surface area contributed by atoms with Crippen LogP contribution in [0.15, 0.2) is 24.3 Å². The second kappa shape index (κ2) is 3.28. The third kappa shape index (κ3) is 1.62. The molecular weight excluding hydrogens is 172 g/mol. The van der Waals surface area contributed by atoms with Crippen molar-refractivity contribution in [3.8, 4) is 0 Å². The molecule has 0 amide bonds. The molecular formula is C12H18N2. The first-order valence-corrected chi connectivity index (χ1v) is 5.15. The van der Waals surface area contributed by atoms with E-state index in [0.29, 0.717) is 12.0 Å². The SMILES string of the molecule is CC1(C)CN(c2ccccc2CN)C1. The van der Waals surface area contributed by atoms with Crippen LogP contribution in [-0.2, 0) is 6.54 Å². The van der Waals surface area contributed by atoms with Gasteiger partial charge in [0.2, 0.25) is 0 Å². The third-order valence-electron chi connectivity index (χ3n) is 2.79. The fraction of sp³-hybridized carbons (Fsp3) is 0.500. The molecule has 2 N–H and O–H groups in total. The molecule has 1 aliphatic heterocycles. The summed E-state index contributed by atoms with van der Waals surface area (Å²) in [5, 5.41) is 0. The molecule has 2 nitrogen and oxygen atoms in total. The molecule has 2 rings (SSSR count). The van der Waals surface area contributed by atoms with E-state index < -0.39 is 0 Å². The summed E-state index contributed by atoms with van der Waals surface area (Å²) in [6.45, 7) is 7.52. The van der Waals surface area contributed by atoms with E-state index in [1.54, 1.807) is 0 Å². The Labute approximate surface area is 85.7 Å². The topological polar surface area (TPSA) is 29.3 Å². The number of nitrogens with two attached hydrogens (primary N) is 1. The van der Waals surface area contributed by atoms with E-state index >= 15 is 0 Å². The summed E-state index contributed by atoms with van der Waals surface area (Å²) in [6.07, 6.45) is 0. The molecule has 0 aliphatic carbocycles. The first-order valence-electron chi connectivity index (χ1n) is 5.15. The Hall–Kier alpha value is -1.02. The van der Waals surface area contributed by atoms with Crippen molar-refractivity contribution >= 4 is 5.69 Å². The lowest BCUT2D eigenvalue weighted by molar-refractivity contribution is 0.276. The van der Waals surface area contributed by atoms with Crippen molar-refractivity contribution in [3.05, 3.63) is 29.8 Å². The Bertz CT molecular complexity index is 323. The van der Waals surface area contributed by atoms with Crippen LogP contribution in [0.4, 0.5) is 5.69 Å². The third-order valence-corrected chi connectivity index (χ3v) is 2.79. The van der Waals surface area contributed by atoms with Crippen LogP contribution in [0.2, 0.25) is 0 Å². The number of benzene rings is 1. The van der Waals surface area contributed by atoms with Crippen molar-refractivity contribution in [3.63, 3.8) is 0 Å². The summed E-state index contributed by atoms with van der Waals surface area (Å²) in [6, 6.07) is 8.41. The lowest BCUT2D eigenvalue weighted by atomic mass is 9.83. The van der Waals surface area contributed by atoms with Gasteiger partial charge in [-0.15, -0.1) is 0 Å². The van der Waals surface area contributed by atoms with Gasteiger partial charge in [-0.25, -0.2) is 0 Å². The van der Waals surface area contributed by atoms with Gasteiger partial charge in [0.1, 0.15) is 0 Å². The molecule has 1 aliphatic rings. The number of nitrogens with zero attached hydrogens (tertiary/aromatic N) is 1. The smallest absolute Gasteiger partial charge is 0.0412 e. The molecule has 0 unspecified atom stereocenters. The molecule has 0 saturated carbocycles. The maximum Gasteiger partial charge on any atom is 0.0412 e. The Morgan fingerprint density at radius 2 is 1.93 bits per heavy atom. The van der Waals surface area contributed by atoms with E-state index in [9.17, 15) is 0 Å². The maximum absolute atomic E-state index is 5.71. The van der Waals surface area contributed by atoms with Crippen LogP contribution < -0.4 is 10.6 Å². The van der Waals surface area contributed by atoms with Crippen molar-refractivity contribution in [2.24, 2.45) is 11.1 Å². The van der Waals surface area contributed by atoms with Gasteiger partial charge in [0, 0.05) is 25.3 Å². The standard InChI is InChI=1S/C12H18N2/c1-12(2)8-14(9-12)11-6-4-3-5-10(11)7-13/h3-6H,7-9,13H2,1-2H3. The second-order valence-electron chi connectivity index (χ2n) is 4.85. The number of anilines is 1. The van der Waals surface area contributed by atoms with Gasteiger partial charge in [-0.05, 0) is 17.0 Å². The predicted molar refractivity (Wildman–Crippen MR) is 60.3 cm³/mol. The quantitative estimate of drug-likeness (QED) is 0.772. The minimum absolute atomic E-state index is 0.474. The molecule has 0 bridgehead atoms. The zero-order chi connectivity index (χ0) is 10.2. The van der Waals surface area contributed by atoms with E-state index in [-0.39, 0.29) is 0 Å². The van der Waals surface area contributed by atoms with Crippen molar-refractivity contribution in [1.29, 1.82) is 0 Å². The van der Waals surface area contributed by atoms with Gasteiger partial charge in [0.05, 0.1) is 0 Å². The van der Waals surface area contributed by atoms with Gasteiger partial charge in [-0.3, -0.25) is 0 Å². The van der Waals surface area contributed by atoms with Crippen molar-refractivity contribution in [2.75, 3.05) is 18.0 Å². The molecule has 76 valence electrons. The molecule has 1 heterocycles. The largest absolute Gasteiger partial charge is 0.370 e. The number of para-hydroxylation sites is 1. The highest BCUT2D eigenvalue weighted by molar-refractivity contribution is 5.56. The lowest BCUT2D eigenvalue weighted by Gasteiger charge is -2.48. The summed E-state index contributed by atoms with van der Waals surface area (Å²) in [5.74, 6) is 0. The van der Waals surface area contributed by atoms with Gasteiger partial charge in [-0.1, -0.05) is 32.0 Å². The van der Waals surface area contributed by atoms with Crippen LogP contribution in [-0.4, -0.2) is 13.1 Å². The molecule has 1 saturated heterocycles. The normalized spacial score (nSPS) is 19.2. The summed E-state index contributed by atoms with van der Waals surface area (Å²) in [4.78, 5) is 2.40. The van der Waals surface area contributed by atoms with E-state index in [0.717, 1.165) is 13.1 Å². The van der Waals surface area contributed by atoms with Crippen LogP contribution in [0, 0.1) is 5.41 Å². The lowest BCUT2D eigenvalue weighted by Crippen LogP contribution is -2.53. The number of rotatable bonds is 2. The van der Waals surface area contributed by atoms with E-state index in [1.807, 2.05) is 0 Å². The minimum Gasteiger partial charge on any atom is -0.370 e. The summed E-state index contributed by atoms with van der Waals surface area (Å²) in [7, 11) is 0. The predicted octanol–water partition coefficient (Wildman–Crippen LogP) is 1.99. The van der Waals surface area contributed by atoms with Gasteiger partial charge in [0.15, 0.2) is 0 Å². The van der Waals surface area contributed by atoms with Gasteiger partial charge in [-0.2, -0.15) is 0 Å². The Morgan fingerprint density at radius 3 is 2.50 bits per heavy atom. The molecule has 2 heteroatoms. The second-order valence-corrected chi connectivity index (χ2v) is 4.85. The number of hydrogen-bond donors (Lipinski definition) is 1. The minimum atomic E-state index is 0.474. The first kappa shape index (κ1) is 9.53. The van der Waals surface area contributed by atoms with Gasteiger partial charge in [0.25, 0.3) is 0 Å². The fourth-order valence-electron chi connectivity index (χ4n) is 2.15. The summed E-state index contributed by atoms with van der Waals surface area (Å²) < 4.78 is 0. The zero-order valence-electron chi connectivity index (χ0n) is 8.96. The molecule has 14 heavy (non-hydrogen) atoms. The van der Waals surface area contributed by atoms with Gasteiger partial charge < -0.3 is 10.6 Å². The van der Waals surface area contributed by atoms with E-state index in [4.69, 9.17) is 5.73 Å². The van der Waals surface area contributed by atoms with Crippen molar-refractivity contribution in [2.45, 2.75) is 20.4 Å². The average molecular weight is 190 g/mol. The highest BCUT2D eigenvalue weighted by Gasteiger charge is 2.34. The molecule has 0 radical (unpaired) electrons. The Kier molecular flexibility index (Phi) is 2.23. The first-order chi connectivity index (χ1) is 6.62. The molecule has 1 fully saturated rings. The summed E-state index contributed by atoms with van der Waals surface area (Å²) in [5.41, 5.74) is 8.75. The Balaban J connectivity index is 2.18. The molecule has 0 atom stereocenters. The zero-order valence-corrected chi connectivity index (χ0v) is 8.96. The van der Waals surface area contributed by atoms with E-state index in [1.165, 1.54) is 11.3 Å². The molecule has 1 aromatic rings. The van der Waals surface area contributed by atoms with Crippen LogP contribution >= 0.6 is 0 Å². The molecule has 0 aromatic heterocycles. The summed E-state index contributed by atoms with van der Waals surface area (Å²) >= 11 is 0. The van der Waals surface area contributed by atoms with Crippen molar-refractivity contribution < 1.29 is 0 Å². The van der Waals surface area contributed by atoms with E-state index in [2.05, 4.69) is 43.0 Å². The molecule has 0 spiro atoms.